The molecular formula is C15H14F2N2O2S. The first-order chi connectivity index (χ1) is 10.3. The van der Waals surface area contributed by atoms with Crippen LogP contribution in [-0.4, -0.2) is 14.1 Å². The van der Waals surface area contributed by atoms with E-state index in [9.17, 15) is 17.2 Å². The van der Waals surface area contributed by atoms with Crippen LogP contribution in [0.1, 0.15) is 18.1 Å². The van der Waals surface area contributed by atoms with Gasteiger partial charge in [0.15, 0.2) is 0 Å². The third kappa shape index (κ3) is 3.48. The Bertz CT molecular complexity index is 796. The second kappa shape index (κ2) is 6.23. The van der Waals surface area contributed by atoms with Crippen molar-refractivity contribution in [2.45, 2.75) is 18.7 Å². The highest BCUT2D eigenvalue weighted by atomic mass is 32.2. The summed E-state index contributed by atoms with van der Waals surface area (Å²) in [6, 6.07) is 9.50. The molecule has 2 aromatic rings. The SMILES string of the molecule is C/C(=N/NS(=O)(=O)c1ccc(C)cc1)c1c(F)cccc1F. The van der Waals surface area contributed by atoms with Crippen molar-refractivity contribution in [3.8, 4) is 0 Å². The Morgan fingerprint density at radius 3 is 2.14 bits per heavy atom. The van der Waals surface area contributed by atoms with Crippen LogP contribution in [0.4, 0.5) is 8.78 Å². The van der Waals surface area contributed by atoms with E-state index in [1.807, 2.05) is 11.8 Å². The lowest BCUT2D eigenvalue weighted by Gasteiger charge is -2.07. The number of halogens is 2. The third-order valence-corrected chi connectivity index (χ3v) is 4.21. The standard InChI is InChI=1S/C15H14F2N2O2S/c1-10-6-8-12(9-7-10)22(20,21)19-18-11(2)15-13(16)4-3-5-14(15)17/h3-9,19H,1-2H3/b18-11-. The van der Waals surface area contributed by atoms with Crippen LogP contribution in [-0.2, 0) is 10.0 Å². The second-order valence-electron chi connectivity index (χ2n) is 4.70. The molecule has 1 N–H and O–H groups in total. The van der Waals surface area contributed by atoms with E-state index in [0.29, 0.717) is 0 Å². The Hall–Kier alpha value is -2.28. The zero-order chi connectivity index (χ0) is 16.3. The Morgan fingerprint density at radius 1 is 1.05 bits per heavy atom. The molecule has 0 radical (unpaired) electrons. The van der Waals surface area contributed by atoms with E-state index in [2.05, 4.69) is 5.10 Å². The van der Waals surface area contributed by atoms with Crippen LogP contribution in [0.2, 0.25) is 0 Å². The van der Waals surface area contributed by atoms with Crippen molar-refractivity contribution < 1.29 is 17.2 Å². The molecule has 0 bridgehead atoms. The van der Waals surface area contributed by atoms with E-state index in [4.69, 9.17) is 0 Å². The maximum atomic E-state index is 13.6. The molecule has 0 saturated heterocycles. The summed E-state index contributed by atoms with van der Waals surface area (Å²) in [5, 5.41) is 3.59. The number of benzene rings is 2. The molecule has 2 rings (SSSR count). The first-order valence-corrected chi connectivity index (χ1v) is 7.87. The number of nitrogens with zero attached hydrogens (tertiary/aromatic N) is 1. The van der Waals surface area contributed by atoms with E-state index in [0.717, 1.165) is 17.7 Å². The van der Waals surface area contributed by atoms with Crippen LogP contribution in [0.15, 0.2) is 52.5 Å². The third-order valence-electron chi connectivity index (χ3n) is 2.99. The summed E-state index contributed by atoms with van der Waals surface area (Å²) >= 11 is 0. The lowest BCUT2D eigenvalue weighted by molar-refractivity contribution is 0.576. The summed E-state index contributed by atoms with van der Waals surface area (Å²) in [6.07, 6.45) is 0. The average molecular weight is 324 g/mol. The summed E-state index contributed by atoms with van der Waals surface area (Å²) in [5.41, 5.74) is 0.437. The second-order valence-corrected chi connectivity index (χ2v) is 6.36. The van der Waals surface area contributed by atoms with E-state index in [1.54, 1.807) is 12.1 Å². The maximum absolute atomic E-state index is 13.6. The van der Waals surface area contributed by atoms with Crippen LogP contribution in [0.5, 0.6) is 0 Å². The van der Waals surface area contributed by atoms with E-state index in [1.165, 1.54) is 25.1 Å². The molecule has 0 aromatic heterocycles. The molecule has 7 heteroatoms. The number of aryl methyl sites for hydroxylation is 1. The zero-order valence-corrected chi connectivity index (χ0v) is 12.8. The summed E-state index contributed by atoms with van der Waals surface area (Å²) < 4.78 is 51.3. The molecule has 0 saturated carbocycles. The van der Waals surface area contributed by atoms with Gasteiger partial charge in [0, 0.05) is 0 Å². The van der Waals surface area contributed by atoms with Gasteiger partial charge in [-0.25, -0.2) is 8.78 Å². The number of sulfonamides is 1. The lowest BCUT2D eigenvalue weighted by atomic mass is 10.1. The highest BCUT2D eigenvalue weighted by molar-refractivity contribution is 7.89. The Balaban J connectivity index is 2.29. The van der Waals surface area contributed by atoms with Crippen molar-refractivity contribution in [3.63, 3.8) is 0 Å². The van der Waals surface area contributed by atoms with E-state index < -0.39 is 21.7 Å². The maximum Gasteiger partial charge on any atom is 0.276 e. The van der Waals surface area contributed by atoms with Gasteiger partial charge < -0.3 is 0 Å². The quantitative estimate of drug-likeness (QED) is 0.694. The molecule has 22 heavy (non-hydrogen) atoms. The molecule has 2 aromatic carbocycles. The van der Waals surface area contributed by atoms with Gasteiger partial charge >= 0.3 is 0 Å². The van der Waals surface area contributed by atoms with Crippen molar-refractivity contribution in [3.05, 3.63) is 65.2 Å². The van der Waals surface area contributed by atoms with Crippen LogP contribution < -0.4 is 4.83 Å². The molecule has 0 atom stereocenters. The number of rotatable bonds is 4. The first-order valence-electron chi connectivity index (χ1n) is 6.38. The smallest absolute Gasteiger partial charge is 0.206 e. The minimum atomic E-state index is -3.89. The average Bonchev–Trinajstić information content (AvgIpc) is 2.45. The summed E-state index contributed by atoms with van der Waals surface area (Å²) in [5.74, 6) is -1.62. The molecule has 0 aliphatic heterocycles. The predicted octanol–water partition coefficient (Wildman–Crippen LogP) is 2.98. The van der Waals surface area contributed by atoms with Gasteiger partial charge in [-0.05, 0) is 38.1 Å². The van der Waals surface area contributed by atoms with Gasteiger partial charge in [-0.1, -0.05) is 23.8 Å². The Kier molecular flexibility index (Phi) is 4.56. The first kappa shape index (κ1) is 16.1. The minimum Gasteiger partial charge on any atom is -0.206 e. The van der Waals surface area contributed by atoms with Crippen molar-refractivity contribution in [1.29, 1.82) is 0 Å². The number of nitrogens with one attached hydrogen (secondary N) is 1. The van der Waals surface area contributed by atoms with Crippen molar-refractivity contribution in [2.75, 3.05) is 0 Å². The number of hydrogen-bond acceptors (Lipinski definition) is 3. The van der Waals surface area contributed by atoms with E-state index in [-0.39, 0.29) is 16.2 Å². The molecular weight excluding hydrogens is 310 g/mol. The molecule has 4 nitrogen and oxygen atoms in total. The number of hydrazone groups is 1. The fourth-order valence-corrected chi connectivity index (χ4v) is 2.65. The molecule has 0 aliphatic rings. The van der Waals surface area contributed by atoms with Crippen molar-refractivity contribution in [2.24, 2.45) is 5.10 Å². The van der Waals surface area contributed by atoms with Crippen LogP contribution in [0.3, 0.4) is 0 Å². The minimum absolute atomic E-state index is 0.0173. The summed E-state index contributed by atoms with van der Waals surface area (Å²) in [4.78, 5) is 1.99. The van der Waals surface area contributed by atoms with Crippen LogP contribution >= 0.6 is 0 Å². The highest BCUT2D eigenvalue weighted by Crippen LogP contribution is 2.14. The van der Waals surface area contributed by atoms with Gasteiger partial charge in [0.2, 0.25) is 0 Å². The highest BCUT2D eigenvalue weighted by Gasteiger charge is 2.15. The summed E-state index contributed by atoms with van der Waals surface area (Å²) in [6.45, 7) is 3.15. The molecule has 0 fully saturated rings. The molecule has 0 spiro atoms. The fraction of sp³-hybridized carbons (Fsp3) is 0.133. The van der Waals surface area contributed by atoms with Crippen LogP contribution in [0.25, 0.3) is 0 Å². The molecule has 0 heterocycles. The fourth-order valence-electron chi connectivity index (χ4n) is 1.80. The van der Waals surface area contributed by atoms with Gasteiger partial charge in [0.1, 0.15) is 11.6 Å². The van der Waals surface area contributed by atoms with E-state index >= 15 is 0 Å². The number of hydrogen-bond donors (Lipinski definition) is 1. The normalized spacial score (nSPS) is 12.3. The van der Waals surface area contributed by atoms with Crippen LogP contribution in [0, 0.1) is 18.6 Å². The predicted molar refractivity (Wildman–Crippen MR) is 80.1 cm³/mol. The van der Waals surface area contributed by atoms with Gasteiger partial charge in [0.25, 0.3) is 10.0 Å². The lowest BCUT2D eigenvalue weighted by Crippen LogP contribution is -2.20. The topological polar surface area (TPSA) is 58.5 Å². The largest absolute Gasteiger partial charge is 0.276 e. The Morgan fingerprint density at radius 2 is 1.59 bits per heavy atom. The summed E-state index contributed by atoms with van der Waals surface area (Å²) in [7, 11) is -3.89. The Labute approximate surface area is 127 Å². The molecule has 0 unspecified atom stereocenters. The van der Waals surface area contributed by atoms with Gasteiger partial charge in [-0.3, -0.25) is 0 Å². The zero-order valence-electron chi connectivity index (χ0n) is 12.0. The van der Waals surface area contributed by atoms with Gasteiger partial charge in [-0.2, -0.15) is 18.4 Å². The van der Waals surface area contributed by atoms with Gasteiger partial charge in [0.05, 0.1) is 16.2 Å². The molecule has 0 aliphatic carbocycles. The monoisotopic (exact) mass is 324 g/mol. The molecule has 0 amide bonds. The van der Waals surface area contributed by atoms with Gasteiger partial charge in [-0.15, -0.1) is 0 Å². The van der Waals surface area contributed by atoms with Crippen molar-refractivity contribution >= 4 is 15.7 Å². The molecule has 116 valence electrons. The van der Waals surface area contributed by atoms with Crippen molar-refractivity contribution in [1.82, 2.24) is 4.83 Å².